The molecule has 0 saturated heterocycles. The molecule has 1 amide bonds. The monoisotopic (exact) mass is 568 g/mol. The van der Waals surface area contributed by atoms with Crippen molar-refractivity contribution in [3.8, 4) is 0 Å². The summed E-state index contributed by atoms with van der Waals surface area (Å²) in [4.78, 5) is 21.8. The third kappa shape index (κ3) is 6.54. The smallest absolute Gasteiger partial charge is 0.283 e. The van der Waals surface area contributed by atoms with E-state index >= 15 is 0 Å². The summed E-state index contributed by atoms with van der Waals surface area (Å²) in [5, 5.41) is 1.54. The molecule has 0 bridgehead atoms. The summed E-state index contributed by atoms with van der Waals surface area (Å²) < 4.78 is 28.8. The molecule has 0 aliphatic heterocycles. The Morgan fingerprint density at radius 3 is 2.17 bits per heavy atom. The van der Waals surface area contributed by atoms with Crippen LogP contribution in [0.25, 0.3) is 29.4 Å². The first-order chi connectivity index (χ1) is 19.3. The van der Waals surface area contributed by atoms with Crippen LogP contribution in [-0.4, -0.2) is 28.9 Å². The van der Waals surface area contributed by atoms with Gasteiger partial charge < -0.3 is 4.57 Å². The molecular weight excluding hydrogens is 544 g/mol. The molecule has 200 valence electrons. The van der Waals surface area contributed by atoms with Gasteiger partial charge in [0, 0.05) is 5.02 Å². The number of nitrogens with one attached hydrogen (secondary N) is 1. The summed E-state index contributed by atoms with van der Waals surface area (Å²) in [5.74, 6) is -0.153. The number of hydrogen-bond donors (Lipinski definition) is 1. The van der Waals surface area contributed by atoms with Gasteiger partial charge in [0.15, 0.2) is 5.65 Å². The largest absolute Gasteiger partial charge is 0.308 e. The van der Waals surface area contributed by atoms with Crippen LogP contribution >= 0.6 is 11.6 Å². The molecule has 3 aromatic carbocycles. The summed E-state index contributed by atoms with van der Waals surface area (Å²) in [7, 11) is -4.03. The van der Waals surface area contributed by atoms with E-state index in [1.54, 1.807) is 30.3 Å². The Hall–Kier alpha value is -4.53. The minimum absolute atomic E-state index is 0.0437. The lowest BCUT2D eigenvalue weighted by atomic mass is 10.1. The van der Waals surface area contributed by atoms with Gasteiger partial charge in [-0.05, 0) is 53.5 Å². The first kappa shape index (κ1) is 27.1. The normalized spacial score (nSPS) is 11.9. The highest BCUT2D eigenvalue weighted by molar-refractivity contribution is 7.93. The van der Waals surface area contributed by atoms with Crippen molar-refractivity contribution in [2.45, 2.75) is 13.5 Å². The highest BCUT2D eigenvalue weighted by Gasteiger charge is 2.18. The highest BCUT2D eigenvalue weighted by Crippen LogP contribution is 2.23. The van der Waals surface area contributed by atoms with Gasteiger partial charge in [-0.3, -0.25) is 4.79 Å². The fourth-order valence-electron chi connectivity index (χ4n) is 4.10. The van der Waals surface area contributed by atoms with Gasteiger partial charge in [-0.1, -0.05) is 96.5 Å². The summed E-state index contributed by atoms with van der Waals surface area (Å²) in [6, 6.07) is 27.8. The van der Waals surface area contributed by atoms with Crippen molar-refractivity contribution in [2.24, 2.45) is 0 Å². The third-order valence-electron chi connectivity index (χ3n) is 6.16. The average Bonchev–Trinajstić information content (AvgIpc) is 3.27. The Labute approximate surface area is 237 Å². The quantitative estimate of drug-likeness (QED) is 0.220. The Balaban J connectivity index is 1.35. The van der Waals surface area contributed by atoms with E-state index < -0.39 is 15.9 Å². The topological polar surface area (TPSA) is 93.9 Å². The van der Waals surface area contributed by atoms with E-state index in [0.717, 1.165) is 22.1 Å². The highest BCUT2D eigenvalue weighted by atomic mass is 35.5. The van der Waals surface area contributed by atoms with Crippen LogP contribution in [0.5, 0.6) is 0 Å². The van der Waals surface area contributed by atoms with Gasteiger partial charge >= 0.3 is 0 Å². The lowest BCUT2D eigenvalue weighted by molar-refractivity contribution is 0.0977. The molecule has 0 aliphatic carbocycles. The molecule has 1 N–H and O–H groups in total. The van der Waals surface area contributed by atoms with Crippen LogP contribution in [-0.2, 0) is 16.6 Å². The molecule has 0 saturated carbocycles. The van der Waals surface area contributed by atoms with Crippen LogP contribution in [0.15, 0.2) is 96.4 Å². The number of halogens is 1. The summed E-state index contributed by atoms with van der Waals surface area (Å²) in [5.41, 5.74) is 4.59. The number of carbonyl (C=O) groups is 1. The number of sulfonamides is 1. The van der Waals surface area contributed by atoms with Gasteiger partial charge in [0.25, 0.3) is 15.9 Å². The van der Waals surface area contributed by atoms with Crippen LogP contribution in [0.3, 0.4) is 0 Å². The van der Waals surface area contributed by atoms with E-state index in [0.29, 0.717) is 34.1 Å². The van der Waals surface area contributed by atoms with Gasteiger partial charge in [0.2, 0.25) is 0 Å². The predicted octanol–water partition coefficient (Wildman–Crippen LogP) is 6.34. The molecule has 2 aromatic heterocycles. The first-order valence-corrected chi connectivity index (χ1v) is 14.4. The standard InChI is InChI=1S/C31H25ClN4O3S/c1-22-33-28-16-17-29(31(37)35-40(38,39)19-18-24-10-6-3-7-11-24)34-30(28)36(22)21-26-15-14-25(20-27(26)32)13-12-23-8-4-2-5-9-23/h2-20H,21H2,1H3,(H,35,37). The molecule has 40 heavy (non-hydrogen) atoms. The van der Waals surface area contributed by atoms with Crippen molar-refractivity contribution in [3.63, 3.8) is 0 Å². The zero-order chi connectivity index (χ0) is 28.1. The lowest BCUT2D eigenvalue weighted by Gasteiger charge is -2.10. The van der Waals surface area contributed by atoms with Gasteiger partial charge in [0.05, 0.1) is 12.0 Å². The number of aryl methyl sites for hydroxylation is 1. The number of amides is 1. The van der Waals surface area contributed by atoms with Gasteiger partial charge in [-0.25, -0.2) is 23.1 Å². The predicted molar refractivity (Wildman–Crippen MR) is 160 cm³/mol. The minimum Gasteiger partial charge on any atom is -0.308 e. The van der Waals surface area contributed by atoms with Gasteiger partial charge in [-0.2, -0.15) is 0 Å². The molecule has 5 rings (SSSR count). The molecule has 2 heterocycles. The molecule has 5 aromatic rings. The van der Waals surface area contributed by atoms with Crippen molar-refractivity contribution in [2.75, 3.05) is 0 Å². The second-order valence-corrected chi connectivity index (χ2v) is 11.0. The Bertz CT molecular complexity index is 1850. The fourth-order valence-corrected chi connectivity index (χ4v) is 5.12. The fraction of sp³-hybridized carbons (Fsp3) is 0.0645. The molecule has 0 spiro atoms. The molecular formula is C31H25ClN4O3S. The summed E-state index contributed by atoms with van der Waals surface area (Å²) in [6.07, 6.45) is 5.43. The Kier molecular flexibility index (Phi) is 7.91. The van der Waals surface area contributed by atoms with Crippen LogP contribution in [0.2, 0.25) is 5.02 Å². The molecule has 0 unspecified atom stereocenters. The van der Waals surface area contributed by atoms with Crippen molar-refractivity contribution in [1.29, 1.82) is 0 Å². The second kappa shape index (κ2) is 11.7. The molecule has 7 nitrogen and oxygen atoms in total. The van der Waals surface area contributed by atoms with Crippen LogP contribution in [0.4, 0.5) is 0 Å². The van der Waals surface area contributed by atoms with E-state index in [2.05, 4.69) is 9.97 Å². The van der Waals surface area contributed by atoms with Crippen molar-refractivity contribution < 1.29 is 13.2 Å². The van der Waals surface area contributed by atoms with E-state index in [-0.39, 0.29) is 5.69 Å². The minimum atomic E-state index is -4.03. The van der Waals surface area contributed by atoms with Crippen LogP contribution in [0.1, 0.15) is 38.6 Å². The number of aromatic nitrogens is 3. The number of rotatable bonds is 8. The Morgan fingerprint density at radius 2 is 1.50 bits per heavy atom. The maximum atomic E-state index is 12.8. The van der Waals surface area contributed by atoms with Crippen molar-refractivity contribution in [3.05, 3.63) is 135 Å². The van der Waals surface area contributed by atoms with E-state index in [1.807, 2.05) is 83.0 Å². The number of nitrogens with zero attached hydrogens (tertiary/aromatic N) is 3. The molecule has 0 radical (unpaired) electrons. The number of fused-ring (bicyclic) bond motifs is 1. The van der Waals surface area contributed by atoms with E-state index in [1.165, 1.54) is 12.1 Å². The number of benzene rings is 3. The van der Waals surface area contributed by atoms with Crippen LogP contribution < -0.4 is 4.72 Å². The van der Waals surface area contributed by atoms with E-state index in [9.17, 15) is 13.2 Å². The zero-order valence-electron chi connectivity index (χ0n) is 21.5. The second-order valence-electron chi connectivity index (χ2n) is 9.07. The number of imidazole rings is 1. The molecule has 0 fully saturated rings. The maximum Gasteiger partial charge on any atom is 0.283 e. The first-order valence-electron chi connectivity index (χ1n) is 12.4. The Morgan fingerprint density at radius 1 is 0.850 bits per heavy atom. The number of hydrogen-bond acceptors (Lipinski definition) is 5. The van der Waals surface area contributed by atoms with Crippen molar-refractivity contribution >= 4 is 56.9 Å². The van der Waals surface area contributed by atoms with Gasteiger partial charge in [0.1, 0.15) is 17.0 Å². The van der Waals surface area contributed by atoms with Crippen molar-refractivity contribution in [1.82, 2.24) is 19.3 Å². The zero-order valence-corrected chi connectivity index (χ0v) is 23.1. The average molecular weight is 569 g/mol. The summed E-state index contributed by atoms with van der Waals surface area (Å²) in [6.45, 7) is 2.21. The van der Waals surface area contributed by atoms with E-state index in [4.69, 9.17) is 11.6 Å². The third-order valence-corrected chi connectivity index (χ3v) is 7.48. The van der Waals surface area contributed by atoms with Crippen LogP contribution in [0, 0.1) is 6.92 Å². The molecule has 0 aliphatic rings. The SMILES string of the molecule is Cc1nc2ccc(C(=O)NS(=O)(=O)C=Cc3ccccc3)nc2n1Cc1ccc(C=Cc2ccccc2)cc1Cl. The summed E-state index contributed by atoms with van der Waals surface area (Å²) >= 11 is 6.63. The maximum absolute atomic E-state index is 12.8. The van der Waals surface area contributed by atoms with Gasteiger partial charge in [-0.15, -0.1) is 0 Å². The lowest BCUT2D eigenvalue weighted by Crippen LogP contribution is -2.29. The number of carbonyl (C=O) groups excluding carboxylic acids is 1. The molecule has 9 heteroatoms. The molecule has 0 atom stereocenters. The number of pyridine rings is 1.